The number of ketones is 1. The maximum absolute atomic E-state index is 12.7. The first-order valence-corrected chi connectivity index (χ1v) is 8.43. The van der Waals surface area contributed by atoms with Crippen molar-refractivity contribution in [2.75, 3.05) is 0 Å². The van der Waals surface area contributed by atoms with E-state index in [0.29, 0.717) is 5.75 Å². The maximum atomic E-state index is 12.7. The first-order chi connectivity index (χ1) is 12.1. The number of hydrogen-bond donors (Lipinski definition) is 0. The first kappa shape index (κ1) is 15.6. The minimum atomic E-state index is -0.492. The molecular weight excluding hydrogens is 312 g/mol. The summed E-state index contributed by atoms with van der Waals surface area (Å²) >= 11 is 0. The van der Waals surface area contributed by atoms with Crippen molar-refractivity contribution in [3.63, 3.8) is 0 Å². The Kier molecular flexibility index (Phi) is 3.85. The van der Waals surface area contributed by atoms with Gasteiger partial charge in [-0.15, -0.1) is 0 Å². The lowest BCUT2D eigenvalue weighted by atomic mass is 9.76. The van der Waals surface area contributed by atoms with Crippen LogP contribution >= 0.6 is 0 Å². The lowest BCUT2D eigenvalue weighted by molar-refractivity contribution is -0.142. The average molecular weight is 330 g/mol. The molecule has 0 spiro atoms. The van der Waals surface area contributed by atoms with Gasteiger partial charge < -0.3 is 9.53 Å². The SMILES string of the molecule is CC(=O)C[C@@H]1C(=O)Oc2c(ccc3ccccc23)[C@@H]1c1ccccc1. The molecule has 0 aliphatic carbocycles. The molecule has 0 saturated heterocycles. The van der Waals surface area contributed by atoms with Gasteiger partial charge in [0.15, 0.2) is 0 Å². The van der Waals surface area contributed by atoms with E-state index in [1.54, 1.807) is 0 Å². The third kappa shape index (κ3) is 2.72. The van der Waals surface area contributed by atoms with E-state index in [2.05, 4.69) is 0 Å². The minimum Gasteiger partial charge on any atom is -0.425 e. The highest BCUT2D eigenvalue weighted by molar-refractivity contribution is 5.95. The van der Waals surface area contributed by atoms with Crippen molar-refractivity contribution < 1.29 is 14.3 Å². The van der Waals surface area contributed by atoms with Crippen molar-refractivity contribution >= 4 is 22.5 Å². The molecule has 4 rings (SSSR count). The summed E-state index contributed by atoms with van der Waals surface area (Å²) in [7, 11) is 0. The number of esters is 1. The summed E-state index contributed by atoms with van der Waals surface area (Å²) in [6.45, 7) is 1.52. The molecule has 0 radical (unpaired) electrons. The summed E-state index contributed by atoms with van der Waals surface area (Å²) < 4.78 is 5.72. The van der Waals surface area contributed by atoms with Gasteiger partial charge in [0.2, 0.25) is 0 Å². The summed E-state index contributed by atoms with van der Waals surface area (Å²) in [5.74, 6) is -0.378. The maximum Gasteiger partial charge on any atom is 0.315 e. The van der Waals surface area contributed by atoms with E-state index in [-0.39, 0.29) is 24.1 Å². The highest BCUT2D eigenvalue weighted by atomic mass is 16.5. The summed E-state index contributed by atoms with van der Waals surface area (Å²) in [6.07, 6.45) is 0.185. The van der Waals surface area contributed by atoms with Crippen molar-refractivity contribution in [1.82, 2.24) is 0 Å². The molecule has 0 unspecified atom stereocenters. The molecule has 0 fully saturated rings. The van der Waals surface area contributed by atoms with Crippen LogP contribution in [0.3, 0.4) is 0 Å². The van der Waals surface area contributed by atoms with Crippen LogP contribution in [0.5, 0.6) is 5.75 Å². The molecule has 3 heteroatoms. The molecule has 0 N–H and O–H groups in total. The molecule has 1 aliphatic rings. The van der Waals surface area contributed by atoms with E-state index in [1.165, 1.54) is 6.92 Å². The quantitative estimate of drug-likeness (QED) is 0.525. The molecule has 1 aliphatic heterocycles. The van der Waals surface area contributed by atoms with Gasteiger partial charge in [-0.2, -0.15) is 0 Å². The summed E-state index contributed by atoms with van der Waals surface area (Å²) in [4.78, 5) is 24.5. The van der Waals surface area contributed by atoms with Crippen LogP contribution in [-0.2, 0) is 9.59 Å². The average Bonchev–Trinajstić information content (AvgIpc) is 2.63. The number of carbonyl (C=O) groups is 2. The first-order valence-electron chi connectivity index (χ1n) is 8.43. The standard InChI is InChI=1S/C22H18O3/c1-14(23)13-19-20(16-8-3-2-4-9-16)18-12-11-15-7-5-6-10-17(15)21(18)25-22(19)24/h2-12,19-20H,13H2,1H3/t19-,20-/m0/s1. The summed E-state index contributed by atoms with van der Waals surface area (Å²) in [6, 6.07) is 21.8. The molecule has 0 aromatic heterocycles. The van der Waals surface area contributed by atoms with E-state index in [9.17, 15) is 9.59 Å². The Hall–Kier alpha value is -2.94. The number of hydrogen-bond acceptors (Lipinski definition) is 3. The predicted octanol–water partition coefficient (Wildman–Crippen LogP) is 4.49. The van der Waals surface area contributed by atoms with Gasteiger partial charge in [0.25, 0.3) is 0 Å². The number of ether oxygens (including phenoxy) is 1. The smallest absolute Gasteiger partial charge is 0.315 e. The van der Waals surface area contributed by atoms with E-state index >= 15 is 0 Å². The van der Waals surface area contributed by atoms with Crippen LogP contribution in [0.25, 0.3) is 10.8 Å². The molecule has 2 atom stereocenters. The minimum absolute atomic E-state index is 0.00730. The van der Waals surface area contributed by atoms with Crippen LogP contribution in [0.15, 0.2) is 66.7 Å². The highest BCUT2D eigenvalue weighted by Gasteiger charge is 2.39. The van der Waals surface area contributed by atoms with Crippen molar-refractivity contribution in [3.05, 3.63) is 77.9 Å². The fraction of sp³-hybridized carbons (Fsp3) is 0.182. The van der Waals surface area contributed by atoms with Gasteiger partial charge in [-0.25, -0.2) is 0 Å². The Morgan fingerprint density at radius 2 is 1.68 bits per heavy atom. The van der Waals surface area contributed by atoms with Gasteiger partial charge in [0.1, 0.15) is 11.5 Å². The van der Waals surface area contributed by atoms with Crippen LogP contribution in [0.4, 0.5) is 0 Å². The second kappa shape index (κ2) is 6.17. The molecular formula is C22H18O3. The van der Waals surface area contributed by atoms with Crippen LogP contribution in [-0.4, -0.2) is 11.8 Å². The molecule has 0 amide bonds. The van der Waals surface area contributed by atoms with Gasteiger partial charge in [-0.1, -0.05) is 66.7 Å². The van der Waals surface area contributed by atoms with Gasteiger partial charge >= 0.3 is 5.97 Å². The van der Waals surface area contributed by atoms with Crippen molar-refractivity contribution in [1.29, 1.82) is 0 Å². The molecule has 0 bridgehead atoms. The molecule has 124 valence electrons. The van der Waals surface area contributed by atoms with Crippen molar-refractivity contribution in [2.45, 2.75) is 19.3 Å². The molecule has 1 heterocycles. The Balaban J connectivity index is 1.95. The van der Waals surface area contributed by atoms with E-state index in [0.717, 1.165) is 21.9 Å². The lowest BCUT2D eigenvalue weighted by Gasteiger charge is -2.32. The summed E-state index contributed by atoms with van der Waals surface area (Å²) in [5.41, 5.74) is 2.00. The fourth-order valence-corrected chi connectivity index (χ4v) is 3.73. The molecule has 0 saturated carbocycles. The number of carbonyl (C=O) groups excluding carboxylic acids is 2. The predicted molar refractivity (Wildman–Crippen MR) is 96.7 cm³/mol. The Morgan fingerprint density at radius 3 is 2.44 bits per heavy atom. The monoisotopic (exact) mass is 330 g/mol. The van der Waals surface area contributed by atoms with Gasteiger partial charge in [-0.05, 0) is 17.9 Å². The summed E-state index contributed by atoms with van der Waals surface area (Å²) in [5, 5.41) is 1.96. The van der Waals surface area contributed by atoms with Gasteiger partial charge in [0, 0.05) is 23.3 Å². The molecule has 3 nitrogen and oxygen atoms in total. The zero-order valence-corrected chi connectivity index (χ0v) is 13.9. The van der Waals surface area contributed by atoms with Crippen LogP contribution < -0.4 is 4.74 Å². The Morgan fingerprint density at radius 1 is 0.960 bits per heavy atom. The zero-order chi connectivity index (χ0) is 17.4. The van der Waals surface area contributed by atoms with E-state index in [4.69, 9.17) is 4.74 Å². The van der Waals surface area contributed by atoms with Gasteiger partial charge in [0.05, 0.1) is 5.92 Å². The molecule has 25 heavy (non-hydrogen) atoms. The van der Waals surface area contributed by atoms with E-state index < -0.39 is 5.92 Å². The van der Waals surface area contributed by atoms with Crippen LogP contribution in [0.2, 0.25) is 0 Å². The van der Waals surface area contributed by atoms with Crippen LogP contribution in [0.1, 0.15) is 30.4 Å². The normalized spacial score (nSPS) is 19.3. The van der Waals surface area contributed by atoms with Crippen molar-refractivity contribution in [2.24, 2.45) is 5.92 Å². The highest BCUT2D eigenvalue weighted by Crippen LogP contribution is 2.46. The van der Waals surface area contributed by atoms with Crippen LogP contribution in [0, 0.1) is 5.92 Å². The second-order valence-electron chi connectivity index (χ2n) is 6.53. The molecule has 3 aromatic rings. The molecule has 3 aromatic carbocycles. The second-order valence-corrected chi connectivity index (χ2v) is 6.53. The van der Waals surface area contributed by atoms with Gasteiger partial charge in [-0.3, -0.25) is 4.79 Å². The fourth-order valence-electron chi connectivity index (χ4n) is 3.73. The Labute approximate surface area is 146 Å². The number of benzene rings is 3. The lowest BCUT2D eigenvalue weighted by Crippen LogP contribution is -2.33. The number of rotatable bonds is 3. The van der Waals surface area contributed by atoms with E-state index in [1.807, 2.05) is 66.7 Å². The zero-order valence-electron chi connectivity index (χ0n) is 13.9. The topological polar surface area (TPSA) is 43.4 Å². The Bertz CT molecular complexity index is 959. The number of Topliss-reactive ketones (excluding diaryl/α,β-unsaturated/α-hetero) is 1. The third-order valence-electron chi connectivity index (χ3n) is 4.82. The van der Waals surface area contributed by atoms with Crippen molar-refractivity contribution in [3.8, 4) is 5.75 Å². The third-order valence-corrected chi connectivity index (χ3v) is 4.82. The largest absolute Gasteiger partial charge is 0.425 e. The number of fused-ring (bicyclic) bond motifs is 3.